The summed E-state index contributed by atoms with van der Waals surface area (Å²) in [4.78, 5) is 41.9. The maximum absolute atomic E-state index is 16.3. The Morgan fingerprint density at radius 2 is 1.80 bits per heavy atom. The Morgan fingerprint density at radius 1 is 1.07 bits per heavy atom. The molecule has 1 atom stereocenters. The van der Waals surface area contributed by atoms with E-state index in [-0.39, 0.29) is 77.8 Å². The number of amidine groups is 1. The van der Waals surface area contributed by atoms with Crippen molar-refractivity contribution in [3.8, 4) is 23.5 Å². The van der Waals surface area contributed by atoms with Gasteiger partial charge < -0.3 is 39.8 Å². The number of amides is 1. The van der Waals surface area contributed by atoms with E-state index in [1.807, 2.05) is 20.8 Å². The van der Waals surface area contributed by atoms with E-state index in [9.17, 15) is 14.7 Å². The van der Waals surface area contributed by atoms with Gasteiger partial charge in [-0.05, 0) is 54.7 Å². The highest BCUT2D eigenvalue weighted by Gasteiger charge is 2.29. The zero-order chi connectivity index (χ0) is 38.7. The third-order valence-electron chi connectivity index (χ3n) is 8.19. The van der Waals surface area contributed by atoms with Gasteiger partial charge in [0, 0.05) is 35.3 Å². The van der Waals surface area contributed by atoms with Crippen molar-refractivity contribution >= 4 is 23.6 Å². The highest BCUT2D eigenvalue weighted by Crippen LogP contribution is 2.36. The highest BCUT2D eigenvalue weighted by atomic mass is 19.1. The van der Waals surface area contributed by atoms with Crippen LogP contribution in [-0.2, 0) is 14.3 Å². The fourth-order valence-electron chi connectivity index (χ4n) is 5.50. The molecule has 1 unspecified atom stereocenters. The van der Waals surface area contributed by atoms with Crippen molar-refractivity contribution in [1.29, 1.82) is 0 Å². The van der Waals surface area contributed by atoms with Crippen molar-refractivity contribution in [2.24, 2.45) is 22.1 Å². The monoisotopic (exact) mass is 748 g/mol. The van der Waals surface area contributed by atoms with Crippen LogP contribution in [0.1, 0.15) is 75.9 Å². The van der Waals surface area contributed by atoms with Crippen LogP contribution in [0.2, 0.25) is 0 Å². The number of nitrogens with one attached hydrogen (secondary N) is 1. The van der Waals surface area contributed by atoms with Crippen LogP contribution in [0.3, 0.4) is 0 Å². The van der Waals surface area contributed by atoms with Crippen molar-refractivity contribution in [1.82, 2.24) is 24.7 Å². The lowest BCUT2D eigenvalue weighted by Gasteiger charge is -2.21. The number of aliphatic hydroxyl groups excluding tert-OH is 1. The van der Waals surface area contributed by atoms with Gasteiger partial charge in [0.1, 0.15) is 24.2 Å². The number of halogens is 1. The summed E-state index contributed by atoms with van der Waals surface area (Å²) in [6, 6.07) is 9.68. The second-order valence-corrected chi connectivity index (χ2v) is 13.6. The smallest absolute Gasteiger partial charge is 0.435 e. The average Bonchev–Trinajstić information content (AvgIpc) is 3.60. The zero-order valence-corrected chi connectivity index (χ0v) is 30.7. The molecule has 0 aliphatic heterocycles. The summed E-state index contributed by atoms with van der Waals surface area (Å²) in [5.74, 6) is -1.24. The molecule has 0 bridgehead atoms. The van der Waals surface area contributed by atoms with Crippen molar-refractivity contribution in [3.63, 3.8) is 0 Å². The highest BCUT2D eigenvalue weighted by molar-refractivity contribution is 6.02. The number of anilines is 1. The molecule has 2 aromatic carbocycles. The Hall–Kier alpha value is -5.84. The van der Waals surface area contributed by atoms with Crippen LogP contribution in [0.4, 0.5) is 14.9 Å². The number of hydrogen-bond donors (Lipinski definition) is 3. The van der Waals surface area contributed by atoms with E-state index in [1.54, 1.807) is 30.3 Å². The number of methoxy groups -OCH3 is 1. The summed E-state index contributed by atoms with van der Waals surface area (Å²) in [7, 11) is 1.42. The molecule has 4 N–H and O–H groups in total. The van der Waals surface area contributed by atoms with Gasteiger partial charge in [-0.25, -0.2) is 19.2 Å². The Balaban J connectivity index is 1.49. The number of nitrogens with two attached hydrogens (primary N) is 1. The molecule has 0 spiro atoms. The predicted molar refractivity (Wildman–Crippen MR) is 194 cm³/mol. The number of aliphatic hydroxyl groups is 1. The van der Waals surface area contributed by atoms with Gasteiger partial charge in [-0.3, -0.25) is 4.79 Å². The van der Waals surface area contributed by atoms with Gasteiger partial charge >= 0.3 is 18.1 Å². The molecule has 17 heteroatoms. The number of hydrogen-bond acceptors (Lipinski definition) is 13. The molecule has 1 saturated carbocycles. The third-order valence-corrected chi connectivity index (χ3v) is 8.19. The van der Waals surface area contributed by atoms with E-state index >= 15 is 4.39 Å². The van der Waals surface area contributed by atoms with E-state index in [4.69, 9.17) is 29.4 Å². The van der Waals surface area contributed by atoms with Crippen LogP contribution in [0.25, 0.3) is 5.95 Å². The maximum Gasteiger partial charge on any atom is 0.435 e. The average molecular weight is 749 g/mol. The first-order valence-electron chi connectivity index (χ1n) is 17.5. The normalized spacial score (nSPS) is 14.2. The van der Waals surface area contributed by atoms with Crippen LogP contribution < -0.4 is 25.3 Å². The summed E-state index contributed by atoms with van der Waals surface area (Å²) in [5.41, 5.74) is 6.76. The van der Waals surface area contributed by atoms with Crippen molar-refractivity contribution in [2.75, 3.05) is 39.0 Å². The first-order valence-corrected chi connectivity index (χ1v) is 17.5. The van der Waals surface area contributed by atoms with Crippen LogP contribution in [0.15, 0.2) is 59.9 Å². The van der Waals surface area contributed by atoms with Crippen molar-refractivity contribution in [2.45, 2.75) is 58.9 Å². The topological polar surface area (TPSA) is 207 Å². The lowest BCUT2D eigenvalue weighted by molar-refractivity contribution is -0.156. The molecule has 5 rings (SSSR count). The molecule has 1 aliphatic rings. The zero-order valence-electron chi connectivity index (χ0n) is 30.7. The predicted octanol–water partition coefficient (Wildman–Crippen LogP) is 5.13. The Bertz CT molecular complexity index is 1890. The van der Waals surface area contributed by atoms with Crippen LogP contribution in [0, 0.1) is 17.2 Å². The molecule has 288 valence electrons. The fraction of sp³-hybridized carbons (Fsp3) is 0.432. The number of carbonyl (C=O) groups excluding carboxylic acids is 2. The fourth-order valence-corrected chi connectivity index (χ4v) is 5.50. The summed E-state index contributed by atoms with van der Waals surface area (Å²) in [6.45, 7) is 4.95. The Labute approximate surface area is 311 Å². The number of nitrogens with zero attached hydrogens (tertiary/aromatic N) is 6. The van der Waals surface area contributed by atoms with Crippen LogP contribution >= 0.6 is 0 Å². The van der Waals surface area contributed by atoms with Crippen molar-refractivity contribution in [3.05, 3.63) is 77.6 Å². The standard InChI is InChI=1S/C37H45FN8O8/c1-37(2,3)21-52-36(49)43-31(39)23-11-13-25(14-12-23)42-30(27-19-26(50-4)20-28(29(27)38)51-18-17-47)32-44-35(46(45-32)34-40-15-8-16-41-34)54-22-53-33(48)24-9-6-5-7-10-24/h8,11-16,19-20,24,30,42,47H,5-7,9-10,17-18,21-22H2,1-4H3,(H2,39,43,49). The van der Waals surface area contributed by atoms with E-state index in [0.29, 0.717) is 11.3 Å². The molecule has 16 nitrogen and oxygen atoms in total. The third kappa shape index (κ3) is 10.6. The molecule has 4 aromatic rings. The molecule has 1 amide bonds. The number of aromatic nitrogens is 5. The lowest BCUT2D eigenvalue weighted by atomic mass is 9.89. The number of benzene rings is 2. The summed E-state index contributed by atoms with van der Waals surface area (Å²) in [5, 5.41) is 17.2. The SMILES string of the molecule is COc1cc(OCCO)c(F)c(C(Nc2ccc(C(N)=NC(=O)OCC(C)(C)C)cc2)c2nc(OCOC(=O)C3CCCCC3)n(-c3ncccn3)n2)c1. The molecule has 0 radical (unpaired) electrons. The molecule has 1 aliphatic carbocycles. The Kier molecular flexibility index (Phi) is 13.3. The number of esters is 1. The quantitative estimate of drug-likeness (QED) is 0.0624. The summed E-state index contributed by atoms with van der Waals surface area (Å²) < 4.78 is 45.0. The second-order valence-electron chi connectivity index (χ2n) is 13.6. The molecular weight excluding hydrogens is 703 g/mol. The summed E-state index contributed by atoms with van der Waals surface area (Å²) >= 11 is 0. The molecule has 2 aromatic heterocycles. The van der Waals surface area contributed by atoms with E-state index in [1.165, 1.54) is 36.3 Å². The number of ether oxygens (including phenoxy) is 5. The molecule has 2 heterocycles. The van der Waals surface area contributed by atoms with Gasteiger partial charge in [0.25, 0.3) is 5.95 Å². The largest absolute Gasteiger partial charge is 0.497 e. The molecule has 1 fully saturated rings. The molecule has 54 heavy (non-hydrogen) atoms. The minimum absolute atomic E-state index is 0.00284. The van der Waals surface area contributed by atoms with Crippen LogP contribution in [-0.4, -0.2) is 81.5 Å². The van der Waals surface area contributed by atoms with Gasteiger partial charge in [-0.15, -0.1) is 9.78 Å². The van der Waals surface area contributed by atoms with Crippen molar-refractivity contribution < 1.29 is 42.8 Å². The summed E-state index contributed by atoms with van der Waals surface area (Å²) in [6.07, 6.45) is 6.70. The number of carbonyl (C=O) groups is 2. The van der Waals surface area contributed by atoms with Gasteiger partial charge in [-0.1, -0.05) is 40.0 Å². The van der Waals surface area contributed by atoms with Gasteiger partial charge in [-0.2, -0.15) is 9.98 Å². The lowest BCUT2D eigenvalue weighted by Crippen LogP contribution is -2.22. The van der Waals surface area contributed by atoms with Gasteiger partial charge in [0.05, 0.1) is 26.2 Å². The van der Waals surface area contributed by atoms with E-state index in [2.05, 4.69) is 30.4 Å². The first-order chi connectivity index (χ1) is 26.0. The molecule has 0 saturated heterocycles. The van der Waals surface area contributed by atoms with Gasteiger partial charge in [0.15, 0.2) is 17.4 Å². The molecular formula is C37H45FN8O8. The first kappa shape index (κ1) is 39.4. The van der Waals surface area contributed by atoms with E-state index < -0.39 is 24.7 Å². The number of rotatable bonds is 15. The minimum atomic E-state index is -1.14. The van der Waals surface area contributed by atoms with E-state index in [0.717, 1.165) is 32.1 Å². The Morgan fingerprint density at radius 3 is 2.46 bits per heavy atom. The maximum atomic E-state index is 16.3. The second kappa shape index (κ2) is 18.3. The van der Waals surface area contributed by atoms with Crippen LogP contribution in [0.5, 0.6) is 17.5 Å². The minimum Gasteiger partial charge on any atom is -0.497 e. The van der Waals surface area contributed by atoms with Gasteiger partial charge in [0.2, 0.25) is 6.79 Å². The number of aliphatic imine (C=N–C) groups is 1.